The number of phenols is 1. The van der Waals surface area contributed by atoms with E-state index in [1.807, 2.05) is 34.7 Å². The number of likely N-dealkylation sites (tertiary alicyclic amines) is 2. The van der Waals surface area contributed by atoms with Gasteiger partial charge < -0.3 is 9.84 Å². The van der Waals surface area contributed by atoms with Crippen molar-refractivity contribution < 1.29 is 29.0 Å². The predicted octanol–water partition coefficient (Wildman–Crippen LogP) is 2.68. The molecule has 0 bridgehead atoms. The lowest BCUT2D eigenvalue weighted by atomic mass is 9.57. The predicted molar refractivity (Wildman–Crippen MR) is 130 cm³/mol. The van der Waals surface area contributed by atoms with Gasteiger partial charge >= 0.3 is 0 Å². The molecule has 1 N–H and O–H groups in total. The Morgan fingerprint density at radius 3 is 2.18 bits per heavy atom. The summed E-state index contributed by atoms with van der Waals surface area (Å²) in [6, 6.07) is 3.54. The molecule has 5 rings (SSSR count). The third-order valence-electron chi connectivity index (χ3n) is 8.09. The van der Waals surface area contributed by atoms with Crippen molar-refractivity contribution in [1.82, 2.24) is 9.80 Å². The lowest BCUT2D eigenvalue weighted by molar-refractivity contribution is -0.141. The molecule has 3 fully saturated rings. The van der Waals surface area contributed by atoms with Crippen LogP contribution in [-0.2, 0) is 19.2 Å². The minimum atomic E-state index is -0.578. The van der Waals surface area contributed by atoms with Crippen LogP contribution in [0.3, 0.4) is 0 Å². The maximum absolute atomic E-state index is 13.5. The number of halogens is 1. The SMILES string of the molecule is CCN1C(=O)C2CC=C3C(CC4C(=O)N(CC)C(=O)C4C3c3cc(I)c(O)c(OC)c3)C2C1=O. The van der Waals surface area contributed by atoms with Gasteiger partial charge in [0.2, 0.25) is 23.6 Å². The largest absolute Gasteiger partial charge is 0.504 e. The molecule has 34 heavy (non-hydrogen) atoms. The Hall–Kier alpha value is -2.43. The Balaban J connectivity index is 1.68. The molecule has 1 saturated carbocycles. The molecule has 8 nitrogen and oxygen atoms in total. The first-order chi connectivity index (χ1) is 16.2. The number of amides is 4. The molecule has 2 aliphatic heterocycles. The number of hydrogen-bond donors (Lipinski definition) is 1. The second kappa shape index (κ2) is 8.35. The standard InChI is InChI=1S/C25H27IN2O6/c1-4-27-22(30)13-7-6-12-14(19(13)24(27)32)10-15-20(25(33)28(5-2)23(15)31)18(12)11-8-16(26)21(29)17(9-11)34-3/h6,8-9,13-15,18-20,29H,4-5,7,10H2,1-3H3. The van der Waals surface area contributed by atoms with Gasteiger partial charge in [-0.1, -0.05) is 11.6 Å². The van der Waals surface area contributed by atoms with Crippen molar-refractivity contribution in [3.05, 3.63) is 32.9 Å². The minimum absolute atomic E-state index is 0.0209. The molecular weight excluding hydrogens is 551 g/mol. The summed E-state index contributed by atoms with van der Waals surface area (Å²) in [5.74, 6) is -3.17. The molecule has 2 heterocycles. The summed E-state index contributed by atoms with van der Waals surface area (Å²) < 4.78 is 5.96. The maximum Gasteiger partial charge on any atom is 0.234 e. The summed E-state index contributed by atoms with van der Waals surface area (Å²) in [7, 11) is 1.47. The van der Waals surface area contributed by atoms with E-state index in [0.29, 0.717) is 35.3 Å². The van der Waals surface area contributed by atoms with Crippen LogP contribution in [0.15, 0.2) is 23.8 Å². The van der Waals surface area contributed by atoms with E-state index in [4.69, 9.17) is 4.74 Å². The molecule has 4 aliphatic rings. The second-order valence-corrected chi connectivity index (χ2v) is 10.6. The van der Waals surface area contributed by atoms with Crippen molar-refractivity contribution in [3.8, 4) is 11.5 Å². The summed E-state index contributed by atoms with van der Waals surface area (Å²) >= 11 is 2.02. The van der Waals surface area contributed by atoms with Gasteiger partial charge in [0.1, 0.15) is 0 Å². The molecule has 180 valence electrons. The number of methoxy groups -OCH3 is 1. The van der Waals surface area contributed by atoms with E-state index >= 15 is 0 Å². The highest BCUT2D eigenvalue weighted by molar-refractivity contribution is 14.1. The molecule has 1 aromatic rings. The number of imide groups is 2. The zero-order valence-corrected chi connectivity index (χ0v) is 21.4. The summed E-state index contributed by atoms with van der Waals surface area (Å²) in [5.41, 5.74) is 1.72. The monoisotopic (exact) mass is 578 g/mol. The number of allylic oxidation sites excluding steroid dienone is 2. The molecule has 4 amide bonds. The minimum Gasteiger partial charge on any atom is -0.504 e. The number of hydrogen-bond acceptors (Lipinski definition) is 6. The van der Waals surface area contributed by atoms with Gasteiger partial charge in [-0.15, -0.1) is 0 Å². The Bertz CT molecular complexity index is 1150. The summed E-state index contributed by atoms with van der Waals surface area (Å²) in [4.78, 5) is 55.6. The highest BCUT2D eigenvalue weighted by atomic mass is 127. The number of carbonyl (C=O) groups excluding carboxylic acids is 4. The summed E-state index contributed by atoms with van der Waals surface area (Å²) in [6.07, 6.45) is 2.85. The van der Waals surface area contributed by atoms with Crippen molar-refractivity contribution in [2.24, 2.45) is 29.6 Å². The molecule has 6 atom stereocenters. The molecule has 0 radical (unpaired) electrons. The molecular formula is C25H27IN2O6. The molecule has 1 aromatic carbocycles. The number of fused-ring (bicyclic) bond motifs is 4. The quantitative estimate of drug-likeness (QED) is 0.335. The van der Waals surface area contributed by atoms with Crippen molar-refractivity contribution in [1.29, 1.82) is 0 Å². The lowest BCUT2D eigenvalue weighted by Gasteiger charge is -2.44. The highest BCUT2D eigenvalue weighted by Gasteiger charge is 2.61. The zero-order chi connectivity index (χ0) is 24.5. The van der Waals surface area contributed by atoms with Crippen LogP contribution in [0.1, 0.15) is 38.2 Å². The van der Waals surface area contributed by atoms with Crippen LogP contribution in [0.2, 0.25) is 0 Å². The zero-order valence-electron chi connectivity index (χ0n) is 19.3. The number of rotatable bonds is 4. The average Bonchev–Trinajstić information content (AvgIpc) is 3.22. The first-order valence-electron chi connectivity index (χ1n) is 11.7. The van der Waals surface area contributed by atoms with Crippen LogP contribution >= 0.6 is 22.6 Å². The number of aromatic hydroxyl groups is 1. The third-order valence-corrected chi connectivity index (χ3v) is 8.92. The van der Waals surface area contributed by atoms with E-state index in [1.54, 1.807) is 19.9 Å². The van der Waals surface area contributed by atoms with Gasteiger partial charge in [-0.25, -0.2) is 0 Å². The van der Waals surface area contributed by atoms with Gasteiger partial charge in [-0.2, -0.15) is 0 Å². The Morgan fingerprint density at radius 2 is 1.56 bits per heavy atom. The Kier molecular flexibility index (Phi) is 5.73. The normalized spacial score (nSPS) is 32.5. The number of carbonyl (C=O) groups is 4. The Labute approximate surface area is 211 Å². The molecule has 9 heteroatoms. The van der Waals surface area contributed by atoms with Crippen LogP contribution in [0.25, 0.3) is 0 Å². The van der Waals surface area contributed by atoms with Crippen LogP contribution < -0.4 is 4.74 Å². The van der Waals surface area contributed by atoms with Crippen LogP contribution in [0, 0.1) is 33.2 Å². The number of ether oxygens (including phenoxy) is 1. The fourth-order valence-electron chi connectivity index (χ4n) is 6.65. The van der Waals surface area contributed by atoms with Crippen LogP contribution in [0.4, 0.5) is 0 Å². The topological polar surface area (TPSA) is 104 Å². The number of benzene rings is 1. The number of nitrogens with zero attached hydrogens (tertiary/aromatic N) is 2. The average molecular weight is 578 g/mol. The van der Waals surface area contributed by atoms with E-state index in [9.17, 15) is 24.3 Å². The molecule has 2 saturated heterocycles. The van der Waals surface area contributed by atoms with E-state index in [2.05, 4.69) is 0 Å². The first kappa shape index (κ1) is 23.3. The van der Waals surface area contributed by atoms with Gasteiger partial charge in [0.05, 0.1) is 34.4 Å². The van der Waals surface area contributed by atoms with E-state index in [-0.39, 0.29) is 35.3 Å². The van der Waals surface area contributed by atoms with E-state index in [0.717, 1.165) is 11.1 Å². The lowest BCUT2D eigenvalue weighted by Crippen LogP contribution is -2.43. The van der Waals surface area contributed by atoms with Crippen molar-refractivity contribution in [3.63, 3.8) is 0 Å². The summed E-state index contributed by atoms with van der Waals surface area (Å²) in [5, 5.41) is 10.4. The van der Waals surface area contributed by atoms with Gasteiger partial charge in [-0.3, -0.25) is 29.0 Å². The fourth-order valence-corrected chi connectivity index (χ4v) is 7.27. The van der Waals surface area contributed by atoms with Crippen molar-refractivity contribution in [2.75, 3.05) is 20.2 Å². The van der Waals surface area contributed by atoms with E-state index < -0.39 is 29.6 Å². The van der Waals surface area contributed by atoms with Gasteiger partial charge in [0.15, 0.2) is 11.5 Å². The maximum atomic E-state index is 13.5. The molecule has 6 unspecified atom stereocenters. The summed E-state index contributed by atoms with van der Waals surface area (Å²) in [6.45, 7) is 4.21. The van der Waals surface area contributed by atoms with Crippen molar-refractivity contribution in [2.45, 2.75) is 32.6 Å². The fraction of sp³-hybridized carbons (Fsp3) is 0.520. The highest BCUT2D eigenvalue weighted by Crippen LogP contribution is 2.58. The van der Waals surface area contributed by atoms with Gasteiger partial charge in [0, 0.05) is 19.0 Å². The first-order valence-corrected chi connectivity index (χ1v) is 12.8. The van der Waals surface area contributed by atoms with E-state index in [1.165, 1.54) is 16.9 Å². The van der Waals surface area contributed by atoms with Gasteiger partial charge in [0.25, 0.3) is 0 Å². The van der Waals surface area contributed by atoms with Crippen LogP contribution in [-0.4, -0.2) is 58.7 Å². The van der Waals surface area contributed by atoms with Crippen molar-refractivity contribution >= 4 is 46.2 Å². The molecule has 2 aliphatic carbocycles. The smallest absolute Gasteiger partial charge is 0.234 e. The number of phenolic OH excluding ortho intramolecular Hbond substituents is 1. The molecule has 0 aromatic heterocycles. The third kappa shape index (κ3) is 3.08. The second-order valence-electron chi connectivity index (χ2n) is 9.42. The van der Waals surface area contributed by atoms with Gasteiger partial charge in [-0.05, 0) is 72.9 Å². The molecule has 0 spiro atoms. The Morgan fingerprint density at radius 1 is 0.941 bits per heavy atom. The van der Waals surface area contributed by atoms with Crippen LogP contribution in [0.5, 0.6) is 11.5 Å².